The van der Waals surface area contributed by atoms with Gasteiger partial charge in [-0.05, 0) is 49.7 Å². The van der Waals surface area contributed by atoms with E-state index in [9.17, 15) is 22.4 Å². The van der Waals surface area contributed by atoms with Crippen molar-refractivity contribution >= 4 is 5.91 Å². The van der Waals surface area contributed by atoms with E-state index >= 15 is 0 Å². The Hall–Kier alpha value is -2.42. The number of fused-ring (bicyclic) bond motifs is 2. The number of hydrogen-bond donors (Lipinski definition) is 0. The summed E-state index contributed by atoms with van der Waals surface area (Å²) in [6.07, 6.45) is -3.10. The van der Waals surface area contributed by atoms with Gasteiger partial charge in [0.2, 0.25) is 5.91 Å². The minimum atomic E-state index is -4.49. The average molecular weight is 410 g/mol. The minimum absolute atomic E-state index is 0.262. The molecule has 5 nitrogen and oxygen atoms in total. The Morgan fingerprint density at radius 1 is 1.10 bits per heavy atom. The van der Waals surface area contributed by atoms with Crippen molar-refractivity contribution in [3.05, 3.63) is 42.1 Å². The first-order chi connectivity index (χ1) is 13.7. The molecule has 9 heteroatoms. The zero-order valence-corrected chi connectivity index (χ0v) is 16.0. The summed E-state index contributed by atoms with van der Waals surface area (Å²) in [6, 6.07) is 6.24. The minimum Gasteiger partial charge on any atom is -0.342 e. The largest absolute Gasteiger partial charge is 0.397 e. The van der Waals surface area contributed by atoms with Crippen molar-refractivity contribution in [1.29, 1.82) is 0 Å². The number of alkyl halides is 3. The second kappa shape index (κ2) is 7.12. The molecule has 2 aliphatic rings. The quantitative estimate of drug-likeness (QED) is 0.713. The van der Waals surface area contributed by atoms with Crippen LogP contribution < -0.4 is 0 Å². The fraction of sp³-hybridized carbons (Fsp3) is 0.500. The molecule has 0 atom stereocenters. The van der Waals surface area contributed by atoms with Crippen LogP contribution in [0.15, 0.2) is 30.5 Å². The van der Waals surface area contributed by atoms with E-state index in [1.54, 1.807) is 18.3 Å². The first-order valence-corrected chi connectivity index (χ1v) is 9.57. The van der Waals surface area contributed by atoms with Crippen molar-refractivity contribution in [3.63, 3.8) is 0 Å². The van der Waals surface area contributed by atoms with Gasteiger partial charge in [0.05, 0.1) is 17.4 Å². The first kappa shape index (κ1) is 19.9. The Bertz CT molecular complexity index is 898. The highest BCUT2D eigenvalue weighted by Gasteiger charge is 2.47. The lowest BCUT2D eigenvalue weighted by Crippen LogP contribution is -2.57. The number of carbonyl (C=O) groups is 1. The maximum atomic E-state index is 13.3. The number of benzene rings is 1. The van der Waals surface area contributed by atoms with Gasteiger partial charge in [0.1, 0.15) is 18.1 Å². The number of amides is 1. The molecule has 1 fully saturated rings. The van der Waals surface area contributed by atoms with Crippen molar-refractivity contribution in [1.82, 2.24) is 19.4 Å². The first-order valence-electron chi connectivity index (χ1n) is 9.57. The van der Waals surface area contributed by atoms with E-state index < -0.39 is 24.0 Å². The molecule has 0 N–H and O–H groups in total. The van der Waals surface area contributed by atoms with E-state index in [1.807, 2.05) is 7.05 Å². The van der Waals surface area contributed by atoms with Crippen molar-refractivity contribution in [2.45, 2.75) is 37.5 Å². The van der Waals surface area contributed by atoms with Gasteiger partial charge in [-0.2, -0.15) is 13.2 Å². The van der Waals surface area contributed by atoms with Crippen molar-refractivity contribution in [3.8, 4) is 11.3 Å². The fourth-order valence-electron chi connectivity index (χ4n) is 4.47. The molecule has 1 spiro atoms. The van der Waals surface area contributed by atoms with E-state index in [1.165, 1.54) is 17.0 Å². The normalized spacial score (nSPS) is 19.4. The topological polar surface area (TPSA) is 41.4 Å². The number of piperidine rings is 1. The van der Waals surface area contributed by atoms with Crippen molar-refractivity contribution in [2.75, 3.05) is 26.7 Å². The van der Waals surface area contributed by atoms with Crippen molar-refractivity contribution < 1.29 is 22.4 Å². The van der Waals surface area contributed by atoms with Crippen LogP contribution in [0.3, 0.4) is 0 Å². The molecule has 0 radical (unpaired) electrons. The lowest BCUT2D eigenvalue weighted by molar-refractivity contribution is -0.163. The number of imidazole rings is 1. The van der Waals surface area contributed by atoms with E-state index in [-0.39, 0.29) is 18.9 Å². The number of rotatable bonds is 2. The molecule has 0 saturated carbocycles. The number of likely N-dealkylation sites (N-methyl/N-ethyl adjacent to an activating group) is 1. The van der Waals surface area contributed by atoms with Gasteiger partial charge in [-0.25, -0.2) is 9.37 Å². The predicted octanol–water partition coefficient (Wildman–Crippen LogP) is 3.40. The summed E-state index contributed by atoms with van der Waals surface area (Å²) in [5, 5.41) is 0. The van der Waals surface area contributed by atoms with Gasteiger partial charge in [0.25, 0.3) is 0 Å². The standard InChI is InChI=1S/C20H22F4N4O/c1-26-10-11-28-16(14-2-4-15(21)5-3-14)13-25-18(28)19(26)6-8-27(9-7-19)17(29)12-20(22,23)24/h2-5,13H,6-12H2,1H3. The SMILES string of the molecule is CN1CCn2c(-c3ccc(F)cc3)cnc2C12CCN(C(=O)CC(F)(F)F)CC2. The molecule has 29 heavy (non-hydrogen) atoms. The smallest absolute Gasteiger partial charge is 0.342 e. The summed E-state index contributed by atoms with van der Waals surface area (Å²) in [4.78, 5) is 20.1. The highest BCUT2D eigenvalue weighted by atomic mass is 19.4. The second-order valence-electron chi connectivity index (χ2n) is 7.75. The van der Waals surface area contributed by atoms with Crippen LogP contribution in [0.25, 0.3) is 11.3 Å². The van der Waals surface area contributed by atoms with Crippen LogP contribution in [-0.4, -0.2) is 58.1 Å². The predicted molar refractivity (Wildman–Crippen MR) is 98.4 cm³/mol. The van der Waals surface area contributed by atoms with Gasteiger partial charge < -0.3 is 9.47 Å². The number of nitrogens with zero attached hydrogens (tertiary/aromatic N) is 4. The Kier molecular flexibility index (Phi) is 4.88. The third-order valence-corrected chi connectivity index (χ3v) is 6.10. The van der Waals surface area contributed by atoms with E-state index in [2.05, 4.69) is 14.5 Å². The molecule has 4 rings (SSSR count). The van der Waals surface area contributed by atoms with Crippen LogP contribution in [0, 0.1) is 5.82 Å². The molecule has 156 valence electrons. The lowest BCUT2D eigenvalue weighted by atomic mass is 9.83. The molecule has 1 aromatic heterocycles. The zero-order chi connectivity index (χ0) is 20.8. The molecular formula is C20H22F4N4O. The van der Waals surface area contributed by atoms with E-state index in [0.29, 0.717) is 12.8 Å². The number of likely N-dealkylation sites (tertiary alicyclic amines) is 1. The molecule has 3 heterocycles. The number of aromatic nitrogens is 2. The number of halogens is 4. The monoisotopic (exact) mass is 410 g/mol. The third-order valence-electron chi connectivity index (χ3n) is 6.10. The number of carbonyl (C=O) groups excluding carboxylic acids is 1. The number of hydrogen-bond acceptors (Lipinski definition) is 3. The summed E-state index contributed by atoms with van der Waals surface area (Å²) >= 11 is 0. The molecule has 1 aromatic carbocycles. The lowest BCUT2D eigenvalue weighted by Gasteiger charge is -2.49. The molecular weight excluding hydrogens is 388 g/mol. The van der Waals surface area contributed by atoms with E-state index in [0.717, 1.165) is 30.2 Å². The maximum Gasteiger partial charge on any atom is 0.397 e. The van der Waals surface area contributed by atoms with Crippen LogP contribution >= 0.6 is 0 Å². The highest BCUT2D eigenvalue weighted by molar-refractivity contribution is 5.77. The second-order valence-corrected chi connectivity index (χ2v) is 7.75. The summed E-state index contributed by atoms with van der Waals surface area (Å²) in [5.41, 5.74) is 1.33. The van der Waals surface area contributed by atoms with Crippen LogP contribution in [-0.2, 0) is 16.9 Å². The summed E-state index contributed by atoms with van der Waals surface area (Å²) in [5.74, 6) is -0.325. The molecule has 1 saturated heterocycles. The van der Waals surface area contributed by atoms with Gasteiger partial charge in [0, 0.05) is 26.2 Å². The molecule has 0 unspecified atom stereocenters. The Balaban J connectivity index is 1.59. The van der Waals surface area contributed by atoms with Crippen LogP contribution in [0.4, 0.5) is 17.6 Å². The maximum absolute atomic E-state index is 13.3. The average Bonchev–Trinajstić information content (AvgIpc) is 3.10. The molecule has 0 aliphatic carbocycles. The highest BCUT2D eigenvalue weighted by Crippen LogP contribution is 2.41. The van der Waals surface area contributed by atoms with Gasteiger partial charge in [-0.15, -0.1) is 0 Å². The third kappa shape index (κ3) is 3.63. The van der Waals surface area contributed by atoms with Crippen LogP contribution in [0.2, 0.25) is 0 Å². The summed E-state index contributed by atoms with van der Waals surface area (Å²) < 4.78 is 53.1. The van der Waals surface area contributed by atoms with Gasteiger partial charge >= 0.3 is 6.18 Å². The molecule has 2 aliphatic heterocycles. The van der Waals surface area contributed by atoms with Gasteiger partial charge in [0.15, 0.2) is 0 Å². The van der Waals surface area contributed by atoms with Crippen LogP contribution in [0.1, 0.15) is 25.1 Å². The van der Waals surface area contributed by atoms with E-state index in [4.69, 9.17) is 0 Å². The van der Waals surface area contributed by atoms with Gasteiger partial charge in [-0.3, -0.25) is 9.69 Å². The molecule has 2 aromatic rings. The molecule has 1 amide bonds. The molecule has 0 bridgehead atoms. The summed E-state index contributed by atoms with van der Waals surface area (Å²) in [6.45, 7) is 2.00. The van der Waals surface area contributed by atoms with Crippen LogP contribution in [0.5, 0.6) is 0 Å². The fourth-order valence-corrected chi connectivity index (χ4v) is 4.47. The zero-order valence-electron chi connectivity index (χ0n) is 16.0. The summed E-state index contributed by atoms with van der Waals surface area (Å²) in [7, 11) is 1.99. The van der Waals surface area contributed by atoms with Crippen molar-refractivity contribution in [2.24, 2.45) is 0 Å². The Labute approximate surface area is 165 Å². The Morgan fingerprint density at radius 3 is 2.38 bits per heavy atom. The Morgan fingerprint density at radius 2 is 1.76 bits per heavy atom. The van der Waals surface area contributed by atoms with Gasteiger partial charge in [-0.1, -0.05) is 0 Å².